The molecule has 1 fully saturated rings. The van der Waals surface area contributed by atoms with Crippen molar-refractivity contribution in [3.63, 3.8) is 0 Å². The summed E-state index contributed by atoms with van der Waals surface area (Å²) < 4.78 is 7.52. The normalized spacial score (nSPS) is 14.2. The number of hydrogen-bond donors (Lipinski definition) is 1. The smallest absolute Gasteiger partial charge is 0.224 e. The summed E-state index contributed by atoms with van der Waals surface area (Å²) >= 11 is 0. The number of rotatable bonds is 6. The molecule has 2 aromatic heterocycles. The van der Waals surface area contributed by atoms with Gasteiger partial charge in [-0.15, -0.1) is 0 Å². The molecule has 3 aromatic rings. The first-order valence-corrected chi connectivity index (χ1v) is 9.59. The summed E-state index contributed by atoms with van der Waals surface area (Å²) in [6, 6.07) is 10.9. The van der Waals surface area contributed by atoms with Crippen molar-refractivity contribution in [2.24, 2.45) is 5.92 Å². The van der Waals surface area contributed by atoms with Crippen LogP contribution in [0.3, 0.4) is 0 Å². The summed E-state index contributed by atoms with van der Waals surface area (Å²) in [5.74, 6) is 2.93. The van der Waals surface area contributed by atoms with Gasteiger partial charge >= 0.3 is 0 Å². The first-order chi connectivity index (χ1) is 13.7. The number of carbonyl (C=O) groups is 1. The molecule has 1 aliphatic rings. The molecule has 4 rings (SSSR count). The molecule has 1 amide bonds. The lowest BCUT2D eigenvalue weighted by Crippen LogP contribution is -2.14. The average Bonchev–Trinajstić information content (AvgIpc) is 3.37. The zero-order valence-electron chi connectivity index (χ0n) is 15.8. The van der Waals surface area contributed by atoms with Crippen LogP contribution in [-0.4, -0.2) is 25.7 Å². The van der Waals surface area contributed by atoms with Crippen molar-refractivity contribution in [1.29, 1.82) is 0 Å². The summed E-state index contributed by atoms with van der Waals surface area (Å²) in [5.41, 5.74) is 0.770. The Balaban J connectivity index is 1.40. The number of nitrogens with zero attached hydrogens (tertiary/aromatic N) is 4. The van der Waals surface area contributed by atoms with Gasteiger partial charge in [-0.3, -0.25) is 4.79 Å². The molecule has 0 saturated heterocycles. The standard InChI is InChI=1S/C21H23N5O2/c1-15-23-19(26-12-4-11-22-26)14-21(24-15)28-18-9-7-17(8-10-18)25-20(27)13-16-5-2-3-6-16/h4,7-12,14,16H,2-3,5-6,13H2,1H3,(H,25,27). The zero-order valence-corrected chi connectivity index (χ0v) is 15.8. The van der Waals surface area contributed by atoms with Gasteiger partial charge in [-0.1, -0.05) is 12.8 Å². The van der Waals surface area contributed by atoms with Crippen LogP contribution in [0.5, 0.6) is 11.6 Å². The molecular weight excluding hydrogens is 354 g/mol. The molecule has 1 saturated carbocycles. The molecule has 2 heterocycles. The number of amides is 1. The van der Waals surface area contributed by atoms with Gasteiger partial charge in [-0.05, 0) is 56.0 Å². The van der Waals surface area contributed by atoms with Crippen LogP contribution >= 0.6 is 0 Å². The maximum atomic E-state index is 12.2. The Morgan fingerprint density at radius 2 is 2.00 bits per heavy atom. The molecular formula is C21H23N5O2. The van der Waals surface area contributed by atoms with Gasteiger partial charge in [0.05, 0.1) is 0 Å². The molecule has 0 bridgehead atoms. The van der Waals surface area contributed by atoms with Crippen molar-refractivity contribution in [2.75, 3.05) is 5.32 Å². The Hall–Kier alpha value is -3.22. The number of hydrogen-bond acceptors (Lipinski definition) is 5. The summed E-state index contributed by atoms with van der Waals surface area (Å²) in [5, 5.41) is 7.15. The van der Waals surface area contributed by atoms with Crippen LogP contribution < -0.4 is 10.1 Å². The highest BCUT2D eigenvalue weighted by Gasteiger charge is 2.18. The zero-order chi connectivity index (χ0) is 19.3. The van der Waals surface area contributed by atoms with E-state index in [1.54, 1.807) is 16.9 Å². The lowest BCUT2D eigenvalue weighted by atomic mass is 10.0. The van der Waals surface area contributed by atoms with E-state index in [0.29, 0.717) is 35.6 Å². The van der Waals surface area contributed by atoms with Gasteiger partial charge in [0.15, 0.2) is 5.82 Å². The minimum atomic E-state index is 0.0795. The molecule has 1 aromatic carbocycles. The second-order valence-electron chi connectivity index (χ2n) is 7.09. The molecule has 7 nitrogen and oxygen atoms in total. The third-order valence-electron chi connectivity index (χ3n) is 4.85. The average molecular weight is 377 g/mol. The maximum absolute atomic E-state index is 12.2. The Labute approximate surface area is 163 Å². The largest absolute Gasteiger partial charge is 0.439 e. The Morgan fingerprint density at radius 3 is 2.71 bits per heavy atom. The second-order valence-corrected chi connectivity index (χ2v) is 7.09. The monoisotopic (exact) mass is 377 g/mol. The highest BCUT2D eigenvalue weighted by molar-refractivity contribution is 5.90. The minimum absolute atomic E-state index is 0.0795. The van der Waals surface area contributed by atoms with E-state index in [2.05, 4.69) is 20.4 Å². The van der Waals surface area contributed by atoms with E-state index in [4.69, 9.17) is 4.74 Å². The highest BCUT2D eigenvalue weighted by Crippen LogP contribution is 2.28. The number of anilines is 1. The number of aromatic nitrogens is 4. The van der Waals surface area contributed by atoms with E-state index in [0.717, 1.165) is 5.69 Å². The summed E-state index contributed by atoms with van der Waals surface area (Å²) in [6.45, 7) is 1.81. The van der Waals surface area contributed by atoms with Crippen molar-refractivity contribution in [3.05, 3.63) is 54.6 Å². The first-order valence-electron chi connectivity index (χ1n) is 9.59. The lowest BCUT2D eigenvalue weighted by Gasteiger charge is -2.11. The molecule has 28 heavy (non-hydrogen) atoms. The fourth-order valence-electron chi connectivity index (χ4n) is 3.51. The quantitative estimate of drug-likeness (QED) is 0.693. The summed E-state index contributed by atoms with van der Waals surface area (Å²) in [7, 11) is 0. The van der Waals surface area contributed by atoms with Crippen molar-refractivity contribution in [1.82, 2.24) is 19.7 Å². The van der Waals surface area contributed by atoms with Crippen molar-refractivity contribution in [2.45, 2.75) is 39.0 Å². The predicted octanol–water partition coefficient (Wildman–Crippen LogP) is 4.28. The fraction of sp³-hybridized carbons (Fsp3) is 0.333. The third-order valence-corrected chi connectivity index (χ3v) is 4.85. The van der Waals surface area contributed by atoms with Crippen LogP contribution in [0.4, 0.5) is 5.69 Å². The lowest BCUT2D eigenvalue weighted by molar-refractivity contribution is -0.117. The van der Waals surface area contributed by atoms with Gasteiger partial charge in [-0.2, -0.15) is 10.1 Å². The molecule has 7 heteroatoms. The molecule has 1 N–H and O–H groups in total. The molecule has 0 spiro atoms. The predicted molar refractivity (Wildman–Crippen MR) is 106 cm³/mol. The minimum Gasteiger partial charge on any atom is -0.439 e. The van der Waals surface area contributed by atoms with Crippen molar-refractivity contribution in [3.8, 4) is 17.4 Å². The molecule has 1 aliphatic carbocycles. The fourth-order valence-corrected chi connectivity index (χ4v) is 3.51. The van der Waals surface area contributed by atoms with Crippen LogP contribution in [0.1, 0.15) is 37.9 Å². The van der Waals surface area contributed by atoms with E-state index in [1.165, 1.54) is 25.7 Å². The number of ether oxygens (including phenoxy) is 1. The van der Waals surface area contributed by atoms with Crippen LogP contribution in [0, 0.1) is 12.8 Å². The van der Waals surface area contributed by atoms with Gasteiger partial charge in [0.25, 0.3) is 0 Å². The van der Waals surface area contributed by atoms with E-state index in [1.807, 2.05) is 43.5 Å². The first kappa shape index (κ1) is 18.2. The molecule has 0 unspecified atom stereocenters. The van der Waals surface area contributed by atoms with E-state index in [9.17, 15) is 4.79 Å². The highest BCUT2D eigenvalue weighted by atomic mass is 16.5. The van der Waals surface area contributed by atoms with Gasteiger partial charge in [0, 0.05) is 30.6 Å². The van der Waals surface area contributed by atoms with Crippen LogP contribution in [0.15, 0.2) is 48.8 Å². The summed E-state index contributed by atoms with van der Waals surface area (Å²) in [6.07, 6.45) is 8.93. The maximum Gasteiger partial charge on any atom is 0.224 e. The van der Waals surface area contributed by atoms with Gasteiger partial charge < -0.3 is 10.1 Å². The van der Waals surface area contributed by atoms with Crippen molar-refractivity contribution >= 4 is 11.6 Å². The second kappa shape index (κ2) is 8.21. The summed E-state index contributed by atoms with van der Waals surface area (Å²) in [4.78, 5) is 20.9. The molecule has 0 radical (unpaired) electrons. The van der Waals surface area contributed by atoms with E-state index in [-0.39, 0.29) is 5.91 Å². The van der Waals surface area contributed by atoms with Crippen LogP contribution in [0.25, 0.3) is 5.82 Å². The SMILES string of the molecule is Cc1nc(Oc2ccc(NC(=O)CC3CCCC3)cc2)cc(-n2cccn2)n1. The third kappa shape index (κ3) is 4.54. The van der Waals surface area contributed by atoms with Gasteiger partial charge in [0.2, 0.25) is 11.8 Å². The van der Waals surface area contributed by atoms with Gasteiger partial charge in [-0.25, -0.2) is 9.67 Å². The Morgan fingerprint density at radius 1 is 1.21 bits per heavy atom. The number of carbonyl (C=O) groups excluding carboxylic acids is 1. The van der Waals surface area contributed by atoms with E-state index < -0.39 is 0 Å². The van der Waals surface area contributed by atoms with E-state index >= 15 is 0 Å². The van der Waals surface area contributed by atoms with Gasteiger partial charge in [0.1, 0.15) is 11.6 Å². The topological polar surface area (TPSA) is 81.9 Å². The Bertz CT molecular complexity index is 932. The van der Waals surface area contributed by atoms with Crippen LogP contribution in [-0.2, 0) is 4.79 Å². The molecule has 144 valence electrons. The number of benzene rings is 1. The number of aryl methyl sites for hydroxylation is 1. The van der Waals surface area contributed by atoms with Crippen molar-refractivity contribution < 1.29 is 9.53 Å². The number of nitrogens with one attached hydrogen (secondary N) is 1. The molecule has 0 aliphatic heterocycles. The Kier molecular flexibility index (Phi) is 5.32. The van der Waals surface area contributed by atoms with Crippen LogP contribution in [0.2, 0.25) is 0 Å². The molecule has 0 atom stereocenters.